The largest absolute Gasteiger partial charge is 0.372 e. The Balaban J connectivity index is 1.42. The molecule has 1 aliphatic rings. The summed E-state index contributed by atoms with van der Waals surface area (Å²) in [6.07, 6.45) is 6.35. The highest BCUT2D eigenvalue weighted by atomic mass is 16.5. The quantitative estimate of drug-likeness (QED) is 0.705. The van der Waals surface area contributed by atoms with E-state index in [-0.39, 0.29) is 24.0 Å². The molecule has 2 amide bonds. The first-order chi connectivity index (χ1) is 13.8. The van der Waals surface area contributed by atoms with Crippen LogP contribution in [-0.4, -0.2) is 66.3 Å². The normalized spacial score (nSPS) is 16.2. The Bertz CT molecular complexity index is 1070. The van der Waals surface area contributed by atoms with E-state index in [1.165, 1.54) is 10.9 Å². The molecule has 4 rings (SSSR count). The van der Waals surface area contributed by atoms with Crippen molar-refractivity contribution in [2.75, 3.05) is 25.0 Å². The van der Waals surface area contributed by atoms with Crippen molar-refractivity contribution in [2.24, 2.45) is 7.05 Å². The van der Waals surface area contributed by atoms with Crippen LogP contribution in [0.4, 0.5) is 5.69 Å². The number of hydrogen-bond donors (Lipinski definition) is 1. The minimum Gasteiger partial charge on any atom is -0.372 e. The molecule has 0 radical (unpaired) electrons. The molecule has 1 fully saturated rings. The maximum absolute atomic E-state index is 12.7. The number of amides is 2. The SMILES string of the molecule is Cn1cnc2c(C(=O)Nc3cnn(CC(=O)N4CCOC(C)(C)C4)c3)ccnc21. The van der Waals surface area contributed by atoms with E-state index in [4.69, 9.17) is 4.74 Å². The van der Waals surface area contributed by atoms with E-state index in [9.17, 15) is 9.59 Å². The second kappa shape index (κ2) is 7.28. The second-order valence-electron chi connectivity index (χ2n) is 7.69. The number of morpholine rings is 1. The molecular formula is C19H23N7O3. The molecule has 0 atom stereocenters. The first-order valence-corrected chi connectivity index (χ1v) is 9.34. The molecule has 0 aliphatic carbocycles. The highest BCUT2D eigenvalue weighted by Gasteiger charge is 2.30. The molecular weight excluding hydrogens is 374 g/mol. The second-order valence-corrected chi connectivity index (χ2v) is 7.69. The topological polar surface area (TPSA) is 107 Å². The van der Waals surface area contributed by atoms with Crippen molar-refractivity contribution in [3.63, 3.8) is 0 Å². The smallest absolute Gasteiger partial charge is 0.258 e. The molecule has 0 unspecified atom stereocenters. The Hall–Kier alpha value is -3.27. The van der Waals surface area contributed by atoms with Crippen LogP contribution >= 0.6 is 0 Å². The van der Waals surface area contributed by atoms with E-state index in [0.717, 1.165) is 0 Å². The van der Waals surface area contributed by atoms with Crippen molar-refractivity contribution in [1.29, 1.82) is 0 Å². The number of carbonyl (C=O) groups is 2. The number of carbonyl (C=O) groups excluding carboxylic acids is 2. The van der Waals surface area contributed by atoms with Crippen molar-refractivity contribution in [1.82, 2.24) is 29.2 Å². The van der Waals surface area contributed by atoms with E-state index in [0.29, 0.717) is 42.1 Å². The third-order valence-corrected chi connectivity index (χ3v) is 4.81. The average molecular weight is 397 g/mol. The van der Waals surface area contributed by atoms with Gasteiger partial charge in [-0.25, -0.2) is 9.97 Å². The van der Waals surface area contributed by atoms with E-state index in [1.807, 2.05) is 20.9 Å². The van der Waals surface area contributed by atoms with Crippen LogP contribution in [0.5, 0.6) is 0 Å². The lowest BCUT2D eigenvalue weighted by atomic mass is 10.1. The standard InChI is InChI=1S/C19H23N7O3/c1-19(2)11-25(6-7-29-19)15(27)10-26-9-13(8-22-26)23-18(28)14-4-5-20-17-16(14)21-12-24(17)3/h4-5,8-9,12H,6-7,10-11H2,1-3H3,(H,23,28). The predicted octanol–water partition coefficient (Wildman–Crippen LogP) is 1.05. The molecule has 1 N–H and O–H groups in total. The summed E-state index contributed by atoms with van der Waals surface area (Å²) in [4.78, 5) is 35.5. The van der Waals surface area contributed by atoms with Crippen LogP contribution in [0.15, 0.2) is 31.0 Å². The summed E-state index contributed by atoms with van der Waals surface area (Å²) < 4.78 is 8.91. The number of imidazole rings is 1. The number of nitrogens with zero attached hydrogens (tertiary/aromatic N) is 6. The number of rotatable bonds is 4. The van der Waals surface area contributed by atoms with Crippen molar-refractivity contribution in [2.45, 2.75) is 26.0 Å². The maximum atomic E-state index is 12.7. The Morgan fingerprint density at radius 2 is 2.14 bits per heavy atom. The highest BCUT2D eigenvalue weighted by molar-refractivity contribution is 6.10. The number of anilines is 1. The maximum Gasteiger partial charge on any atom is 0.258 e. The lowest BCUT2D eigenvalue weighted by molar-refractivity contribution is -0.146. The third-order valence-electron chi connectivity index (χ3n) is 4.81. The first kappa shape index (κ1) is 19.1. The molecule has 0 saturated carbocycles. The molecule has 10 nitrogen and oxygen atoms in total. The molecule has 1 aliphatic heterocycles. The monoisotopic (exact) mass is 397 g/mol. The summed E-state index contributed by atoms with van der Waals surface area (Å²) in [6.45, 7) is 5.66. The number of hydrogen-bond acceptors (Lipinski definition) is 6. The molecule has 0 spiro atoms. The van der Waals surface area contributed by atoms with Gasteiger partial charge in [-0.2, -0.15) is 5.10 Å². The summed E-state index contributed by atoms with van der Waals surface area (Å²) in [7, 11) is 1.82. The fourth-order valence-electron chi connectivity index (χ4n) is 3.39. The van der Waals surface area contributed by atoms with Gasteiger partial charge in [0.05, 0.1) is 36.0 Å². The Kier molecular flexibility index (Phi) is 4.79. The molecule has 1 saturated heterocycles. The van der Waals surface area contributed by atoms with Gasteiger partial charge in [0.2, 0.25) is 5.91 Å². The van der Waals surface area contributed by atoms with Gasteiger partial charge in [0.1, 0.15) is 12.1 Å². The van der Waals surface area contributed by atoms with Crippen LogP contribution in [-0.2, 0) is 23.1 Å². The van der Waals surface area contributed by atoms with Crippen LogP contribution in [0.1, 0.15) is 24.2 Å². The lowest BCUT2D eigenvalue weighted by Crippen LogP contribution is -2.51. The van der Waals surface area contributed by atoms with Gasteiger partial charge in [-0.3, -0.25) is 14.3 Å². The van der Waals surface area contributed by atoms with E-state index in [1.54, 1.807) is 34.3 Å². The molecule has 3 aromatic heterocycles. The summed E-state index contributed by atoms with van der Waals surface area (Å²) in [5, 5.41) is 6.99. The zero-order chi connectivity index (χ0) is 20.6. The molecule has 0 bridgehead atoms. The molecule has 29 heavy (non-hydrogen) atoms. The number of ether oxygens (including phenoxy) is 1. The van der Waals surface area contributed by atoms with E-state index < -0.39 is 0 Å². The van der Waals surface area contributed by atoms with Crippen LogP contribution in [0.25, 0.3) is 11.2 Å². The van der Waals surface area contributed by atoms with E-state index >= 15 is 0 Å². The number of aryl methyl sites for hydroxylation is 1. The number of nitrogens with one attached hydrogen (secondary N) is 1. The van der Waals surface area contributed by atoms with Gasteiger partial charge in [0.25, 0.3) is 5.91 Å². The molecule has 10 heteroatoms. The summed E-state index contributed by atoms with van der Waals surface area (Å²) in [6, 6.07) is 1.62. The van der Waals surface area contributed by atoms with Gasteiger partial charge in [-0.15, -0.1) is 0 Å². The van der Waals surface area contributed by atoms with Crippen LogP contribution in [0.3, 0.4) is 0 Å². The van der Waals surface area contributed by atoms with Crippen LogP contribution in [0.2, 0.25) is 0 Å². The fraction of sp³-hybridized carbons (Fsp3) is 0.421. The molecule has 0 aromatic carbocycles. The van der Waals surface area contributed by atoms with Crippen LogP contribution < -0.4 is 5.32 Å². The zero-order valence-electron chi connectivity index (χ0n) is 16.6. The number of fused-ring (bicyclic) bond motifs is 1. The lowest BCUT2D eigenvalue weighted by Gasteiger charge is -2.38. The highest BCUT2D eigenvalue weighted by Crippen LogP contribution is 2.18. The predicted molar refractivity (Wildman–Crippen MR) is 105 cm³/mol. The molecule has 152 valence electrons. The van der Waals surface area contributed by atoms with Gasteiger partial charge < -0.3 is 19.5 Å². The number of aromatic nitrogens is 5. The molecule has 4 heterocycles. The zero-order valence-corrected chi connectivity index (χ0v) is 16.6. The third kappa shape index (κ3) is 3.97. The fourth-order valence-corrected chi connectivity index (χ4v) is 3.39. The van der Waals surface area contributed by atoms with Gasteiger partial charge >= 0.3 is 0 Å². The first-order valence-electron chi connectivity index (χ1n) is 9.34. The minimum absolute atomic E-state index is 0.0355. The average Bonchev–Trinajstić information content (AvgIpc) is 3.27. The van der Waals surface area contributed by atoms with Gasteiger partial charge in [-0.05, 0) is 19.9 Å². The van der Waals surface area contributed by atoms with Crippen molar-refractivity contribution >= 4 is 28.7 Å². The number of pyridine rings is 1. The van der Waals surface area contributed by atoms with Gasteiger partial charge in [-0.1, -0.05) is 0 Å². The Morgan fingerprint density at radius 1 is 1.31 bits per heavy atom. The molecule has 3 aromatic rings. The van der Waals surface area contributed by atoms with Crippen LogP contribution in [0, 0.1) is 0 Å². The summed E-state index contributed by atoms with van der Waals surface area (Å²) >= 11 is 0. The van der Waals surface area contributed by atoms with Crippen molar-refractivity contribution in [3.05, 3.63) is 36.5 Å². The van der Waals surface area contributed by atoms with Gasteiger partial charge in [0.15, 0.2) is 5.65 Å². The van der Waals surface area contributed by atoms with E-state index in [2.05, 4.69) is 20.4 Å². The van der Waals surface area contributed by atoms with Crippen molar-refractivity contribution in [3.8, 4) is 0 Å². The summed E-state index contributed by atoms with van der Waals surface area (Å²) in [5.74, 6) is -0.344. The Labute approximate surface area is 167 Å². The minimum atomic E-state index is -0.349. The summed E-state index contributed by atoms with van der Waals surface area (Å²) in [5.41, 5.74) is 1.75. The van der Waals surface area contributed by atoms with Gasteiger partial charge in [0, 0.05) is 32.5 Å². The Morgan fingerprint density at radius 3 is 2.93 bits per heavy atom. The van der Waals surface area contributed by atoms with Crippen molar-refractivity contribution < 1.29 is 14.3 Å².